The molecule has 0 amide bonds. The van der Waals surface area contributed by atoms with Gasteiger partial charge >= 0.3 is 0 Å². The maximum absolute atomic E-state index is 13.5. The molecule has 6 rings (SSSR count). The summed E-state index contributed by atoms with van der Waals surface area (Å²) in [4.78, 5) is 11.2. The van der Waals surface area contributed by atoms with Crippen molar-refractivity contribution < 1.29 is 14.2 Å². The molecule has 222 valence electrons. The fourth-order valence-electron chi connectivity index (χ4n) is 5.42. The minimum atomic E-state index is -0.458. The number of hydrogen-bond donors (Lipinski definition) is 3. The predicted octanol–water partition coefficient (Wildman–Crippen LogP) is 6.00. The number of benzene rings is 3. The highest BCUT2D eigenvalue weighted by atomic mass is 35.5. The maximum atomic E-state index is 13.5. The molecule has 1 aliphatic rings. The Kier molecular flexibility index (Phi) is 8.85. The first-order chi connectivity index (χ1) is 20.9. The zero-order valence-electron chi connectivity index (χ0n) is 23.7. The van der Waals surface area contributed by atoms with Crippen LogP contribution in [0.4, 0.5) is 15.9 Å². The highest BCUT2D eigenvalue weighted by molar-refractivity contribution is 6.32. The Labute approximate surface area is 254 Å². The molecule has 4 N–H and O–H groups in total. The average Bonchev–Trinajstić information content (AvgIpc) is 3.46. The van der Waals surface area contributed by atoms with Gasteiger partial charge in [-0.2, -0.15) is 0 Å². The number of ether oxygens (including phenoxy) is 1. The first-order valence-corrected chi connectivity index (χ1v) is 14.8. The van der Waals surface area contributed by atoms with E-state index in [1.807, 2.05) is 35.0 Å². The Bertz CT molecular complexity index is 1700. The van der Waals surface area contributed by atoms with Crippen molar-refractivity contribution in [3.63, 3.8) is 0 Å². The van der Waals surface area contributed by atoms with Crippen LogP contribution in [0.5, 0.6) is 5.75 Å². The van der Waals surface area contributed by atoms with E-state index >= 15 is 0 Å². The second kappa shape index (κ2) is 13.1. The molecule has 0 spiro atoms. The highest BCUT2D eigenvalue weighted by Gasteiger charge is 2.19. The standard InChI is InChI=1S/C33H34ClFN6O2/c34-30-16-27(5-7-32(30)43-20-22-2-1-3-25(35)14-22)39-33-29-15-23(4-6-31(29)37-21-38-33)24-8-11-41(17-24)19-28(42)18-40-12-9-26(36)10-13-40/h1-8,11,14-17,21,26,28,42H,9-10,12-13,18-20,36H2,(H,37,38,39). The van der Waals surface area contributed by atoms with Crippen molar-refractivity contribution in [2.45, 2.75) is 38.1 Å². The Hall–Kier alpha value is -4.02. The third-order valence-electron chi connectivity index (χ3n) is 7.72. The first-order valence-electron chi connectivity index (χ1n) is 14.4. The highest BCUT2D eigenvalue weighted by Crippen LogP contribution is 2.32. The Balaban J connectivity index is 1.13. The van der Waals surface area contributed by atoms with Crippen LogP contribution < -0.4 is 15.8 Å². The molecule has 0 radical (unpaired) electrons. The van der Waals surface area contributed by atoms with Crippen LogP contribution in [0, 0.1) is 5.82 Å². The van der Waals surface area contributed by atoms with E-state index in [0.29, 0.717) is 29.7 Å². The fourth-order valence-corrected chi connectivity index (χ4v) is 5.65. The number of fused-ring (bicyclic) bond motifs is 1. The van der Waals surface area contributed by atoms with Crippen LogP contribution in [0.25, 0.3) is 22.0 Å². The molecule has 1 aliphatic heterocycles. The van der Waals surface area contributed by atoms with Gasteiger partial charge in [-0.1, -0.05) is 29.8 Å². The number of likely N-dealkylation sites (tertiary alicyclic amines) is 1. The number of aliphatic hydroxyl groups is 1. The molecule has 1 unspecified atom stereocenters. The number of halogens is 2. The van der Waals surface area contributed by atoms with Crippen LogP contribution in [-0.4, -0.2) is 56.3 Å². The third kappa shape index (κ3) is 7.32. The normalized spacial score (nSPS) is 15.1. The Morgan fingerprint density at radius 1 is 1.02 bits per heavy atom. The third-order valence-corrected chi connectivity index (χ3v) is 8.02. The van der Waals surface area contributed by atoms with Crippen molar-refractivity contribution in [2.24, 2.45) is 5.73 Å². The van der Waals surface area contributed by atoms with Gasteiger partial charge in [0.05, 0.1) is 16.6 Å². The van der Waals surface area contributed by atoms with E-state index in [1.165, 1.54) is 18.5 Å². The lowest BCUT2D eigenvalue weighted by atomic mass is 10.1. The lowest BCUT2D eigenvalue weighted by Gasteiger charge is -2.31. The van der Waals surface area contributed by atoms with Crippen molar-refractivity contribution >= 4 is 34.0 Å². The van der Waals surface area contributed by atoms with E-state index in [1.54, 1.807) is 24.3 Å². The number of hydrogen-bond acceptors (Lipinski definition) is 7. The Morgan fingerprint density at radius 3 is 2.70 bits per heavy atom. The smallest absolute Gasteiger partial charge is 0.141 e. The topological polar surface area (TPSA) is 101 Å². The number of nitrogens with one attached hydrogen (secondary N) is 1. The zero-order chi connectivity index (χ0) is 29.8. The van der Waals surface area contributed by atoms with Crippen molar-refractivity contribution in [3.05, 3.63) is 102 Å². The molecule has 1 fully saturated rings. The minimum absolute atomic E-state index is 0.206. The number of nitrogens with two attached hydrogens (primary N) is 1. The van der Waals surface area contributed by atoms with E-state index in [9.17, 15) is 9.50 Å². The van der Waals surface area contributed by atoms with E-state index in [4.69, 9.17) is 22.1 Å². The largest absolute Gasteiger partial charge is 0.487 e. The van der Waals surface area contributed by atoms with Gasteiger partial charge in [0, 0.05) is 42.6 Å². The fraction of sp³-hybridized carbons (Fsp3) is 0.273. The first kappa shape index (κ1) is 29.1. The number of anilines is 2. The molecule has 3 heterocycles. The maximum Gasteiger partial charge on any atom is 0.141 e. The number of nitrogens with zero attached hydrogens (tertiary/aromatic N) is 4. The van der Waals surface area contributed by atoms with Gasteiger partial charge in [-0.05, 0) is 91.2 Å². The molecule has 43 heavy (non-hydrogen) atoms. The van der Waals surface area contributed by atoms with Crippen LogP contribution >= 0.6 is 11.6 Å². The lowest BCUT2D eigenvalue weighted by Crippen LogP contribution is -2.43. The summed E-state index contributed by atoms with van der Waals surface area (Å²) in [5, 5.41) is 15.3. The number of piperidine rings is 1. The molecular formula is C33H34ClFN6O2. The molecule has 3 aromatic carbocycles. The summed E-state index contributed by atoms with van der Waals surface area (Å²) in [5.74, 6) is 0.839. The molecule has 0 saturated carbocycles. The van der Waals surface area contributed by atoms with Gasteiger partial charge in [0.25, 0.3) is 0 Å². The second-order valence-electron chi connectivity index (χ2n) is 11.0. The second-order valence-corrected chi connectivity index (χ2v) is 11.4. The van der Waals surface area contributed by atoms with Crippen LogP contribution in [0.2, 0.25) is 5.02 Å². The monoisotopic (exact) mass is 600 g/mol. The summed E-state index contributed by atoms with van der Waals surface area (Å²) < 4.78 is 21.3. The number of rotatable bonds is 10. The predicted molar refractivity (Wildman–Crippen MR) is 168 cm³/mol. The molecule has 10 heteroatoms. The van der Waals surface area contributed by atoms with Crippen LogP contribution in [0.1, 0.15) is 18.4 Å². The van der Waals surface area contributed by atoms with Crippen molar-refractivity contribution in [1.29, 1.82) is 0 Å². The molecule has 1 saturated heterocycles. The summed E-state index contributed by atoms with van der Waals surface area (Å²) >= 11 is 6.52. The van der Waals surface area contributed by atoms with Crippen molar-refractivity contribution in [3.8, 4) is 16.9 Å². The molecule has 1 atom stereocenters. The van der Waals surface area contributed by atoms with Gasteiger partial charge in [0.15, 0.2) is 0 Å². The summed E-state index contributed by atoms with van der Waals surface area (Å²) in [7, 11) is 0. The molecule has 2 aromatic heterocycles. The molecule has 5 aromatic rings. The van der Waals surface area contributed by atoms with Gasteiger partial charge in [0.2, 0.25) is 0 Å². The molecule has 0 aliphatic carbocycles. The van der Waals surface area contributed by atoms with Crippen LogP contribution in [-0.2, 0) is 13.2 Å². The number of aromatic nitrogens is 3. The summed E-state index contributed by atoms with van der Waals surface area (Å²) in [6.07, 6.45) is 7.07. The molecular weight excluding hydrogens is 567 g/mol. The number of aliphatic hydroxyl groups excluding tert-OH is 1. The average molecular weight is 601 g/mol. The van der Waals surface area contributed by atoms with Crippen LogP contribution in [0.15, 0.2) is 85.5 Å². The van der Waals surface area contributed by atoms with Gasteiger partial charge in [0.1, 0.15) is 30.3 Å². The zero-order valence-corrected chi connectivity index (χ0v) is 24.4. The quantitative estimate of drug-likeness (QED) is 0.181. The van der Waals surface area contributed by atoms with Crippen molar-refractivity contribution in [2.75, 3.05) is 25.0 Å². The van der Waals surface area contributed by atoms with Gasteiger partial charge < -0.3 is 30.4 Å². The van der Waals surface area contributed by atoms with Gasteiger partial charge in [-0.15, -0.1) is 0 Å². The van der Waals surface area contributed by atoms with E-state index in [-0.39, 0.29) is 18.5 Å². The minimum Gasteiger partial charge on any atom is -0.487 e. The summed E-state index contributed by atoms with van der Waals surface area (Å²) in [6, 6.07) is 20.1. The Morgan fingerprint density at radius 2 is 1.88 bits per heavy atom. The summed E-state index contributed by atoms with van der Waals surface area (Å²) in [6.45, 7) is 3.25. The van der Waals surface area contributed by atoms with E-state index in [0.717, 1.165) is 59.2 Å². The van der Waals surface area contributed by atoms with E-state index < -0.39 is 6.10 Å². The van der Waals surface area contributed by atoms with Crippen LogP contribution in [0.3, 0.4) is 0 Å². The van der Waals surface area contributed by atoms with E-state index in [2.05, 4.69) is 32.4 Å². The van der Waals surface area contributed by atoms with Gasteiger partial charge in [-0.25, -0.2) is 14.4 Å². The van der Waals surface area contributed by atoms with Gasteiger partial charge in [-0.3, -0.25) is 0 Å². The van der Waals surface area contributed by atoms with Crippen molar-refractivity contribution in [1.82, 2.24) is 19.4 Å². The molecule has 0 bridgehead atoms. The SMILES string of the molecule is NC1CCN(CC(O)Cn2ccc(-c3ccc4ncnc(Nc5ccc(OCc6cccc(F)c6)c(Cl)c5)c4c3)c2)CC1. The molecule has 8 nitrogen and oxygen atoms in total. The number of β-amino-alcohol motifs (C(OH)–C–C–N with tert-alkyl or cyclic N) is 1. The lowest BCUT2D eigenvalue weighted by molar-refractivity contribution is 0.0853. The summed E-state index contributed by atoms with van der Waals surface area (Å²) in [5.41, 5.74) is 10.3.